The number of nitrogens with zero attached hydrogens (tertiary/aromatic N) is 14. The van der Waals surface area contributed by atoms with Crippen molar-refractivity contribution in [2.24, 2.45) is 9.98 Å². The van der Waals surface area contributed by atoms with Crippen molar-refractivity contribution in [2.75, 3.05) is 119 Å². The first-order valence-electron chi connectivity index (χ1n) is 49.3. The monoisotopic (exact) mass is 2030 g/mol. The SMILES string of the molecule is CCCCCCCCCNC(=O)COc1cccc2c1C(=O)N(C1CCC(=O)NC1=O)C2=O.Cc1c(C(=O)NCCCCCCCCNC(=O)COc2cccc3c2C(=O)N(C2CCC(=O)NC2=O)C3=O)sc2c1C(c1ccc(Cl)cc1)=N[C@@H](CC(=O)NCCCN1CCN(C)CC1)c1nnc(C)n1-2.Cc1c(C(=O)O)sc2c1C(c1ccc(Cl)cc1)=N[C@H](CC(=O)CCCCN1CCN(C)CC1)c1nnc(C)n1-2. The maximum Gasteiger partial charge on any atom is 0.346 e. The maximum atomic E-state index is 13.8. The fourth-order valence-electron chi connectivity index (χ4n) is 18.7. The summed E-state index contributed by atoms with van der Waals surface area (Å²) >= 11 is 15.0. The third-order valence-electron chi connectivity index (χ3n) is 26.7. The molecule has 12 heterocycles. The Balaban J connectivity index is 0.000000189. The number of ether oxygens (including phenoxy) is 2. The Labute approximate surface area is 847 Å². The van der Waals surface area contributed by atoms with Gasteiger partial charge in [-0.15, -0.1) is 43.1 Å². The predicted molar refractivity (Wildman–Crippen MR) is 539 cm³/mol. The summed E-state index contributed by atoms with van der Waals surface area (Å²) in [5, 5.41) is 46.4. The molecule has 4 fully saturated rings. The minimum atomic E-state index is -1.10. The molecule has 4 aromatic heterocycles. The van der Waals surface area contributed by atoms with E-state index in [1.807, 2.05) is 54.2 Å². The van der Waals surface area contributed by atoms with Gasteiger partial charge in [0.25, 0.3) is 41.4 Å². The van der Waals surface area contributed by atoms with Crippen molar-refractivity contribution < 1.29 is 81.7 Å². The molecular weight excluding hydrogens is 1910 g/mol. The van der Waals surface area contributed by atoms with E-state index < -0.39 is 77.4 Å². The summed E-state index contributed by atoms with van der Waals surface area (Å²) in [7, 11) is 4.29. The highest BCUT2D eigenvalue weighted by Gasteiger charge is 2.49. The number of thiophene rings is 2. The van der Waals surface area contributed by atoms with E-state index in [1.54, 1.807) is 37.3 Å². The third-order valence-corrected chi connectivity index (χ3v) is 29.7. The quantitative estimate of drug-likeness (QED) is 0.0138. The van der Waals surface area contributed by atoms with Crippen LogP contribution < -0.4 is 41.4 Å². The first-order chi connectivity index (χ1) is 68.9. The summed E-state index contributed by atoms with van der Waals surface area (Å²) in [6, 6.07) is 20.5. The number of halogens is 2. The molecule has 4 atom stereocenters. The van der Waals surface area contributed by atoms with Crippen molar-refractivity contribution in [3.63, 3.8) is 0 Å². The minimum Gasteiger partial charge on any atom is -0.483 e. The minimum absolute atomic E-state index is 0.00906. The molecule has 760 valence electrons. The van der Waals surface area contributed by atoms with Gasteiger partial charge in [0.2, 0.25) is 29.5 Å². The second-order valence-electron chi connectivity index (χ2n) is 37.1. The highest BCUT2D eigenvalue weighted by Crippen LogP contribution is 2.44. The fraction of sp³-hybridized carbons (Fsp3) is 0.490. The van der Waals surface area contributed by atoms with Gasteiger partial charge in [-0.2, -0.15) is 0 Å². The number of Topliss-reactive ketones (excluding diaryl/α,β-unsaturated/α-hetero) is 1. The number of imide groups is 4. The van der Waals surface area contributed by atoms with E-state index in [4.69, 9.17) is 42.7 Å². The molecule has 8 aliphatic rings. The number of carboxylic acid groups (broad SMARTS) is 1. The van der Waals surface area contributed by atoms with Crippen LogP contribution in [0.5, 0.6) is 11.5 Å². The number of hydrogen-bond acceptors (Lipinski definition) is 28. The summed E-state index contributed by atoms with van der Waals surface area (Å²) in [5.74, 6) is -4.21. The van der Waals surface area contributed by atoms with Crippen LogP contribution in [0.1, 0.15) is 284 Å². The van der Waals surface area contributed by atoms with Crippen molar-refractivity contribution in [3.8, 4) is 21.5 Å². The van der Waals surface area contributed by atoms with Crippen LogP contribution in [0.15, 0.2) is 94.9 Å². The summed E-state index contributed by atoms with van der Waals surface area (Å²) in [6.07, 6.45) is 16.9. The highest BCUT2D eigenvalue weighted by atomic mass is 35.5. The van der Waals surface area contributed by atoms with Crippen LogP contribution in [0.2, 0.25) is 10.0 Å². The molecule has 41 heteroatoms. The van der Waals surface area contributed by atoms with E-state index in [0.717, 1.165) is 185 Å². The molecule has 0 spiro atoms. The molecule has 37 nitrogen and oxygen atoms in total. The lowest BCUT2D eigenvalue weighted by molar-refractivity contribution is -0.137. The van der Waals surface area contributed by atoms with Gasteiger partial charge in [0.1, 0.15) is 68.0 Å². The number of piperazine rings is 2. The lowest BCUT2D eigenvalue weighted by Gasteiger charge is -2.32. The highest BCUT2D eigenvalue weighted by molar-refractivity contribution is 7.17. The molecule has 4 saturated heterocycles. The van der Waals surface area contributed by atoms with E-state index in [1.165, 1.54) is 78.7 Å². The number of likely N-dealkylation sites (N-methyl/N-ethyl adjacent to an activating group) is 2. The molecule has 12 amide bonds. The summed E-state index contributed by atoms with van der Waals surface area (Å²) in [5.41, 5.74) is 6.04. The zero-order valence-electron chi connectivity index (χ0n) is 81.8. The molecule has 0 saturated carbocycles. The zero-order chi connectivity index (χ0) is 102. The van der Waals surface area contributed by atoms with Gasteiger partial charge in [-0.3, -0.25) is 102 Å². The average Bonchev–Trinajstić information content (AvgIpc) is 1.57. The molecule has 0 radical (unpaired) electrons. The molecule has 0 bridgehead atoms. The normalized spacial score (nSPS) is 17.9. The first-order valence-corrected chi connectivity index (χ1v) is 51.7. The number of aromatic carboxylic acids is 1. The van der Waals surface area contributed by atoms with Gasteiger partial charge in [-0.05, 0) is 166 Å². The number of aromatic nitrogens is 6. The Morgan fingerprint density at radius 3 is 1.31 bits per heavy atom. The van der Waals surface area contributed by atoms with Crippen LogP contribution in [-0.2, 0) is 38.4 Å². The van der Waals surface area contributed by atoms with E-state index in [0.29, 0.717) is 92.8 Å². The van der Waals surface area contributed by atoms with Crippen molar-refractivity contribution in [2.45, 2.75) is 206 Å². The summed E-state index contributed by atoms with van der Waals surface area (Å²) < 4.78 is 15.1. The second-order valence-corrected chi connectivity index (χ2v) is 40.0. The van der Waals surface area contributed by atoms with Gasteiger partial charge in [-0.1, -0.05) is 131 Å². The Hall–Kier alpha value is -12.5. The molecular formula is C102H124Cl2N20O17S2. The van der Waals surface area contributed by atoms with Crippen molar-refractivity contribution >= 4 is 140 Å². The molecule has 16 rings (SSSR count). The molecule has 0 aliphatic carbocycles. The third kappa shape index (κ3) is 26.4. The van der Waals surface area contributed by atoms with Gasteiger partial charge in [0, 0.05) is 137 Å². The fourth-order valence-corrected chi connectivity index (χ4v) is 21.5. The predicted octanol–water partition coefficient (Wildman–Crippen LogP) is 11.2. The number of piperidine rings is 2. The van der Waals surface area contributed by atoms with E-state index in [2.05, 4.69) is 92.9 Å². The lowest BCUT2D eigenvalue weighted by atomic mass is 9.99. The van der Waals surface area contributed by atoms with E-state index >= 15 is 0 Å². The van der Waals surface area contributed by atoms with Gasteiger partial charge in [0.05, 0.1) is 45.0 Å². The molecule has 8 aromatic rings. The molecule has 4 aromatic carbocycles. The Kier molecular flexibility index (Phi) is 37.3. The van der Waals surface area contributed by atoms with E-state index in [9.17, 15) is 72.2 Å². The number of carboxylic acids is 1. The lowest BCUT2D eigenvalue weighted by Crippen LogP contribution is -2.54. The number of ketones is 1. The van der Waals surface area contributed by atoms with Crippen LogP contribution in [0.25, 0.3) is 10.0 Å². The van der Waals surface area contributed by atoms with Gasteiger partial charge < -0.3 is 55.4 Å². The van der Waals surface area contributed by atoms with Crippen molar-refractivity contribution in [1.82, 2.24) is 90.8 Å². The van der Waals surface area contributed by atoms with Crippen LogP contribution in [0.3, 0.4) is 0 Å². The van der Waals surface area contributed by atoms with Crippen LogP contribution in [-0.4, -0.2) is 289 Å². The summed E-state index contributed by atoms with van der Waals surface area (Å²) in [4.78, 5) is 200. The Morgan fingerprint density at radius 1 is 0.455 bits per heavy atom. The number of aryl methyl sites for hydroxylation is 2. The van der Waals surface area contributed by atoms with Gasteiger partial charge in [-0.25, -0.2) is 4.79 Å². The number of fused-ring (bicyclic) bond motifs is 8. The average molecular weight is 2040 g/mol. The topological polar surface area (TPSA) is 455 Å². The summed E-state index contributed by atoms with van der Waals surface area (Å²) in [6.45, 7) is 21.5. The van der Waals surface area contributed by atoms with Crippen LogP contribution in [0, 0.1) is 27.7 Å². The molecule has 2 unspecified atom stereocenters. The van der Waals surface area contributed by atoms with Gasteiger partial charge in [0.15, 0.2) is 24.9 Å². The zero-order valence-corrected chi connectivity index (χ0v) is 84.9. The number of rotatable bonds is 42. The van der Waals surface area contributed by atoms with Crippen LogP contribution in [0.4, 0.5) is 0 Å². The number of aliphatic imine (C=N–C) groups is 2. The Morgan fingerprint density at radius 2 is 0.860 bits per heavy atom. The smallest absolute Gasteiger partial charge is 0.346 e. The number of hydrogen-bond donors (Lipinski definition) is 7. The van der Waals surface area contributed by atoms with Gasteiger partial charge >= 0.3 is 5.97 Å². The number of benzene rings is 4. The molecule has 7 N–H and O–H groups in total. The van der Waals surface area contributed by atoms with Crippen molar-refractivity contribution in [1.29, 1.82) is 0 Å². The second kappa shape index (κ2) is 50.1. The maximum absolute atomic E-state index is 13.8. The number of amides is 12. The molecule has 8 aliphatic heterocycles. The Bertz CT molecular complexity index is 6130. The first kappa shape index (κ1) is 106. The van der Waals surface area contributed by atoms with E-state index in [-0.39, 0.29) is 120 Å². The number of carbonyl (C=O) groups is 14. The molecule has 143 heavy (non-hydrogen) atoms. The number of nitrogens with one attached hydrogen (secondary N) is 6. The number of unbranched alkanes of at least 4 members (excludes halogenated alkanes) is 12. The largest absolute Gasteiger partial charge is 0.483 e. The van der Waals surface area contributed by atoms with Crippen molar-refractivity contribution in [3.05, 3.63) is 184 Å². The number of carbonyl (C=O) groups excluding carboxylic acids is 13. The standard InChI is InChI=1S/C50H60ClN11O8S.C28H33ClN6O3S.C24H31N3O6/c1-30-41-43(32-14-16-33(51)17-15-32)55-35(28-39(64)52-22-11-23-60-26-24-59(3)25-27-60)45-58-57-31(2)61(45)50(41)71-44(30)47(67)54-21-9-7-5-4-6-8-20-53-40(65)29-70-37-13-10-12-34-42(37)49(69)62(48(34)68)36-18-19-38(63)56-46(36)66;1-17-23-24(19-7-9-20(29)10-8-19)30-22(16-21(36)6-4-5-11-34-14-12-33(3)13-15-34)26-32-31-18(2)35(26)27(23)39-25(17)28(37)38;1-2-3-4-5-6-7-8-14-25-20(29)15-33-18-11-9-10-16-21(18)24(32)27(23(16)31)17-12-13-19(28)26-22(17)30/h10,12-17,35-36H,4-9,11,18-29H2,1-3H3,(H,52,64)(H,53,65)(H,54,67)(H,56,63,66);7-10,22H,4-6,11-16H2,1-3H3,(H,37,38);9-11,17H,2-8,12-15H2,1H3,(H,25,29)(H,26,28,30)/t35-,36?;22-;/m01./s1. The van der Waals surface area contributed by atoms with Crippen LogP contribution >= 0.6 is 45.9 Å².